The van der Waals surface area contributed by atoms with Crippen LogP contribution in [0.3, 0.4) is 0 Å². The first-order valence-corrected chi connectivity index (χ1v) is 9.12. The molecule has 0 aliphatic carbocycles. The Bertz CT molecular complexity index is 428. The van der Waals surface area contributed by atoms with Crippen molar-refractivity contribution in [2.75, 3.05) is 26.7 Å². The molecule has 0 heterocycles. The van der Waals surface area contributed by atoms with Gasteiger partial charge in [-0.1, -0.05) is 39.5 Å². The zero-order valence-corrected chi connectivity index (χ0v) is 15.1. The van der Waals surface area contributed by atoms with E-state index >= 15 is 0 Å². The Kier molecular flexibility index (Phi) is 10.4. The Morgan fingerprint density at radius 3 is 2.30 bits per heavy atom. The van der Waals surface area contributed by atoms with Crippen LogP contribution in [-0.4, -0.2) is 37.4 Å². The molecule has 130 valence electrons. The van der Waals surface area contributed by atoms with Crippen LogP contribution in [0.2, 0.25) is 0 Å². The molecule has 1 aromatic rings. The van der Waals surface area contributed by atoms with E-state index in [4.69, 9.17) is 4.74 Å². The van der Waals surface area contributed by atoms with Crippen molar-refractivity contribution in [3.63, 3.8) is 0 Å². The van der Waals surface area contributed by atoms with Crippen LogP contribution >= 0.6 is 0 Å². The second kappa shape index (κ2) is 12.1. The van der Waals surface area contributed by atoms with Crippen LogP contribution in [0, 0.1) is 0 Å². The molecule has 0 saturated carbocycles. The van der Waals surface area contributed by atoms with Crippen LogP contribution in [0.4, 0.5) is 0 Å². The van der Waals surface area contributed by atoms with Crippen LogP contribution in [0.25, 0.3) is 0 Å². The van der Waals surface area contributed by atoms with Gasteiger partial charge in [0.25, 0.3) is 0 Å². The monoisotopic (exact) mass is 319 g/mol. The van der Waals surface area contributed by atoms with Gasteiger partial charge in [0.05, 0.1) is 6.61 Å². The minimum absolute atomic E-state index is 0.207. The van der Waals surface area contributed by atoms with Gasteiger partial charge in [-0.05, 0) is 50.7 Å². The maximum absolute atomic E-state index is 12.2. The first-order valence-electron chi connectivity index (χ1n) is 9.12. The van der Waals surface area contributed by atoms with E-state index in [1.54, 1.807) is 0 Å². The number of benzene rings is 1. The second-order valence-electron chi connectivity index (χ2n) is 6.26. The standard InChI is InChI=1S/C20H33NO2/c1-4-6-7-8-9-17-23-19-12-10-18(11-13-19)20(22)14-16-21(3)15-5-2/h10-13H,4-9,14-17H2,1-3H3. The van der Waals surface area contributed by atoms with Crippen molar-refractivity contribution in [2.24, 2.45) is 0 Å². The molecule has 0 aliphatic heterocycles. The summed E-state index contributed by atoms with van der Waals surface area (Å²) in [6, 6.07) is 7.59. The molecule has 0 unspecified atom stereocenters. The van der Waals surface area contributed by atoms with E-state index in [1.807, 2.05) is 24.3 Å². The first-order chi connectivity index (χ1) is 11.2. The number of carbonyl (C=O) groups excluding carboxylic acids is 1. The highest BCUT2D eigenvalue weighted by atomic mass is 16.5. The van der Waals surface area contributed by atoms with Gasteiger partial charge in [-0.15, -0.1) is 0 Å². The summed E-state index contributed by atoms with van der Waals surface area (Å²) in [4.78, 5) is 14.4. The molecule has 0 atom stereocenters. The summed E-state index contributed by atoms with van der Waals surface area (Å²) in [5.74, 6) is 1.07. The normalized spacial score (nSPS) is 11.0. The smallest absolute Gasteiger partial charge is 0.164 e. The topological polar surface area (TPSA) is 29.5 Å². The molecular weight excluding hydrogens is 286 g/mol. The van der Waals surface area contributed by atoms with Crippen molar-refractivity contribution < 1.29 is 9.53 Å². The Labute approximate surface area is 142 Å². The molecule has 0 fully saturated rings. The lowest BCUT2D eigenvalue weighted by Crippen LogP contribution is -2.22. The number of ketones is 1. The molecule has 23 heavy (non-hydrogen) atoms. The Morgan fingerprint density at radius 2 is 1.65 bits per heavy atom. The Morgan fingerprint density at radius 1 is 0.957 bits per heavy atom. The summed E-state index contributed by atoms with van der Waals surface area (Å²) in [5, 5.41) is 0. The van der Waals surface area contributed by atoms with E-state index in [9.17, 15) is 4.79 Å². The van der Waals surface area contributed by atoms with Gasteiger partial charge in [0.2, 0.25) is 0 Å². The van der Waals surface area contributed by atoms with E-state index in [2.05, 4.69) is 25.8 Å². The summed E-state index contributed by atoms with van der Waals surface area (Å²) in [6.45, 7) is 7.00. The Hall–Kier alpha value is -1.35. The SMILES string of the molecule is CCCCCCCOc1ccc(C(=O)CCN(C)CCC)cc1. The maximum atomic E-state index is 12.2. The molecule has 1 aromatic carbocycles. The van der Waals surface area contributed by atoms with Gasteiger partial charge in [0.1, 0.15) is 5.75 Å². The molecule has 3 heteroatoms. The van der Waals surface area contributed by atoms with Gasteiger partial charge in [0.15, 0.2) is 5.78 Å². The summed E-state index contributed by atoms with van der Waals surface area (Å²) in [6.07, 6.45) is 7.90. The van der Waals surface area contributed by atoms with Crippen LogP contribution < -0.4 is 4.74 Å². The minimum Gasteiger partial charge on any atom is -0.494 e. The predicted molar refractivity (Wildman–Crippen MR) is 97.4 cm³/mol. The van der Waals surface area contributed by atoms with Gasteiger partial charge in [0, 0.05) is 18.5 Å². The van der Waals surface area contributed by atoms with E-state index in [-0.39, 0.29) is 5.78 Å². The van der Waals surface area contributed by atoms with E-state index in [0.717, 1.165) is 43.9 Å². The zero-order valence-electron chi connectivity index (χ0n) is 15.1. The number of ether oxygens (including phenoxy) is 1. The molecule has 0 aliphatic rings. The lowest BCUT2D eigenvalue weighted by atomic mass is 10.1. The highest BCUT2D eigenvalue weighted by molar-refractivity contribution is 5.96. The van der Waals surface area contributed by atoms with Crippen molar-refractivity contribution in [2.45, 2.75) is 58.8 Å². The number of nitrogens with zero attached hydrogens (tertiary/aromatic N) is 1. The van der Waals surface area contributed by atoms with Gasteiger partial charge >= 0.3 is 0 Å². The minimum atomic E-state index is 0.207. The number of hydrogen-bond donors (Lipinski definition) is 0. The third kappa shape index (κ3) is 8.75. The summed E-state index contributed by atoms with van der Waals surface area (Å²) >= 11 is 0. The van der Waals surface area contributed by atoms with Crippen molar-refractivity contribution in [1.29, 1.82) is 0 Å². The summed E-state index contributed by atoms with van der Waals surface area (Å²) in [5.41, 5.74) is 0.783. The lowest BCUT2D eigenvalue weighted by Gasteiger charge is -2.14. The van der Waals surface area contributed by atoms with E-state index in [1.165, 1.54) is 25.7 Å². The number of rotatable bonds is 13. The van der Waals surface area contributed by atoms with Crippen LogP contribution in [0.5, 0.6) is 5.75 Å². The first kappa shape index (κ1) is 19.7. The maximum Gasteiger partial charge on any atom is 0.164 e. The molecule has 3 nitrogen and oxygen atoms in total. The zero-order chi connectivity index (χ0) is 16.9. The van der Waals surface area contributed by atoms with Crippen LogP contribution in [-0.2, 0) is 0 Å². The van der Waals surface area contributed by atoms with E-state index < -0.39 is 0 Å². The molecular formula is C20H33NO2. The van der Waals surface area contributed by atoms with Gasteiger partial charge in [-0.3, -0.25) is 4.79 Å². The van der Waals surface area contributed by atoms with E-state index in [0.29, 0.717) is 6.42 Å². The average molecular weight is 319 g/mol. The van der Waals surface area contributed by atoms with Gasteiger partial charge in [-0.2, -0.15) is 0 Å². The number of hydrogen-bond acceptors (Lipinski definition) is 3. The predicted octanol–water partition coefficient (Wildman–Crippen LogP) is 4.95. The lowest BCUT2D eigenvalue weighted by molar-refractivity contribution is 0.0969. The fraction of sp³-hybridized carbons (Fsp3) is 0.650. The fourth-order valence-electron chi connectivity index (χ4n) is 2.56. The van der Waals surface area contributed by atoms with Gasteiger partial charge in [-0.25, -0.2) is 0 Å². The van der Waals surface area contributed by atoms with Crippen molar-refractivity contribution in [3.05, 3.63) is 29.8 Å². The number of unbranched alkanes of at least 4 members (excludes halogenated alkanes) is 4. The van der Waals surface area contributed by atoms with Crippen LogP contribution in [0.1, 0.15) is 69.2 Å². The highest BCUT2D eigenvalue weighted by Crippen LogP contribution is 2.14. The fourth-order valence-corrected chi connectivity index (χ4v) is 2.56. The number of Topliss-reactive ketones (excluding diaryl/α,β-unsaturated/α-hetero) is 1. The van der Waals surface area contributed by atoms with Crippen molar-refractivity contribution in [3.8, 4) is 5.75 Å². The molecule has 1 rings (SSSR count). The molecule has 0 aromatic heterocycles. The Balaban J connectivity index is 2.28. The summed E-state index contributed by atoms with van der Waals surface area (Å²) < 4.78 is 5.73. The highest BCUT2D eigenvalue weighted by Gasteiger charge is 2.07. The average Bonchev–Trinajstić information content (AvgIpc) is 2.56. The third-order valence-electron chi connectivity index (χ3n) is 4.02. The largest absolute Gasteiger partial charge is 0.494 e. The van der Waals surface area contributed by atoms with Crippen molar-refractivity contribution >= 4 is 5.78 Å². The van der Waals surface area contributed by atoms with Gasteiger partial charge < -0.3 is 9.64 Å². The quantitative estimate of drug-likeness (QED) is 0.380. The van der Waals surface area contributed by atoms with Crippen molar-refractivity contribution in [1.82, 2.24) is 4.90 Å². The molecule has 0 saturated heterocycles. The third-order valence-corrected chi connectivity index (χ3v) is 4.02. The molecule has 0 bridgehead atoms. The second-order valence-corrected chi connectivity index (χ2v) is 6.26. The molecule has 0 amide bonds. The summed E-state index contributed by atoms with van der Waals surface area (Å²) in [7, 11) is 2.06. The molecule has 0 N–H and O–H groups in total. The van der Waals surface area contributed by atoms with Crippen LogP contribution in [0.15, 0.2) is 24.3 Å². The number of carbonyl (C=O) groups is 1. The molecule has 0 radical (unpaired) electrons. The molecule has 0 spiro atoms.